The Hall–Kier alpha value is -3.33. The summed E-state index contributed by atoms with van der Waals surface area (Å²) >= 11 is 0. The number of pyridine rings is 1. The third-order valence-electron chi connectivity index (χ3n) is 3.29. The zero-order valence-corrected chi connectivity index (χ0v) is 14.2. The molecular formula is C19H19N3O3. The molecule has 1 heterocycles. The van der Waals surface area contributed by atoms with Gasteiger partial charge in [-0.3, -0.25) is 9.78 Å². The molecule has 1 amide bonds. The van der Waals surface area contributed by atoms with Crippen LogP contribution in [0.5, 0.6) is 11.5 Å². The van der Waals surface area contributed by atoms with Crippen LogP contribution in [0, 0.1) is 11.3 Å². The van der Waals surface area contributed by atoms with E-state index in [0.29, 0.717) is 29.3 Å². The van der Waals surface area contributed by atoms with Gasteiger partial charge in [0.25, 0.3) is 5.91 Å². The number of hydrogen-bond donors (Lipinski definition) is 1. The quantitative estimate of drug-likeness (QED) is 0.785. The molecule has 0 atom stereocenters. The molecule has 1 aromatic carbocycles. The molecule has 25 heavy (non-hydrogen) atoms. The molecule has 1 aromatic heterocycles. The van der Waals surface area contributed by atoms with Crippen molar-refractivity contribution < 1.29 is 14.3 Å². The second-order valence-electron chi connectivity index (χ2n) is 5.04. The van der Waals surface area contributed by atoms with Gasteiger partial charge in [-0.15, -0.1) is 0 Å². The summed E-state index contributed by atoms with van der Waals surface area (Å²) in [7, 11) is 1.52. The molecule has 128 valence electrons. The molecule has 0 radical (unpaired) electrons. The van der Waals surface area contributed by atoms with E-state index in [2.05, 4.69) is 16.4 Å². The fourth-order valence-electron chi connectivity index (χ4n) is 2.14. The van der Waals surface area contributed by atoms with Gasteiger partial charge in [-0.05, 0) is 42.8 Å². The van der Waals surface area contributed by atoms with Crippen LogP contribution < -0.4 is 14.8 Å². The minimum atomic E-state index is -0.199. The van der Waals surface area contributed by atoms with Crippen molar-refractivity contribution in [2.75, 3.05) is 20.3 Å². The van der Waals surface area contributed by atoms with Gasteiger partial charge in [0.05, 0.1) is 18.4 Å². The van der Waals surface area contributed by atoms with Crippen molar-refractivity contribution in [2.45, 2.75) is 6.92 Å². The number of likely N-dealkylation sites (N-methyl/N-ethyl adjacent to an activating group) is 1. The number of rotatable bonds is 7. The Morgan fingerprint density at radius 3 is 2.80 bits per heavy atom. The van der Waals surface area contributed by atoms with E-state index in [9.17, 15) is 10.1 Å². The highest BCUT2D eigenvalue weighted by atomic mass is 16.5. The van der Waals surface area contributed by atoms with Crippen molar-refractivity contribution in [1.29, 1.82) is 5.26 Å². The number of carbonyl (C=O) groups excluding carboxylic acids is 1. The number of amides is 1. The lowest BCUT2D eigenvalue weighted by Crippen LogP contribution is -2.28. The minimum Gasteiger partial charge on any atom is -0.493 e. The van der Waals surface area contributed by atoms with E-state index >= 15 is 0 Å². The van der Waals surface area contributed by atoms with Gasteiger partial charge in [0, 0.05) is 12.7 Å². The molecule has 0 bridgehead atoms. The number of ether oxygens (including phenoxy) is 2. The Kier molecular flexibility index (Phi) is 6.55. The van der Waals surface area contributed by atoms with Crippen molar-refractivity contribution >= 4 is 17.6 Å². The average molecular weight is 337 g/mol. The highest BCUT2D eigenvalue weighted by Gasteiger charge is 2.09. The fraction of sp³-hybridized carbons (Fsp3) is 0.211. The van der Waals surface area contributed by atoms with E-state index in [1.807, 2.05) is 13.0 Å². The van der Waals surface area contributed by atoms with Gasteiger partial charge in [-0.25, -0.2) is 0 Å². The van der Waals surface area contributed by atoms with Crippen LogP contribution in [0.1, 0.15) is 18.2 Å². The van der Waals surface area contributed by atoms with E-state index in [-0.39, 0.29) is 12.5 Å². The van der Waals surface area contributed by atoms with Crippen LogP contribution in [0.15, 0.2) is 42.6 Å². The Balaban J connectivity index is 2.22. The van der Waals surface area contributed by atoms with Gasteiger partial charge in [-0.1, -0.05) is 12.1 Å². The molecule has 0 saturated carbocycles. The van der Waals surface area contributed by atoms with Crippen LogP contribution in [0.2, 0.25) is 0 Å². The number of carbonyl (C=O) groups is 1. The van der Waals surface area contributed by atoms with Gasteiger partial charge >= 0.3 is 0 Å². The molecule has 6 nitrogen and oxygen atoms in total. The van der Waals surface area contributed by atoms with Crippen LogP contribution in [0.25, 0.3) is 11.6 Å². The number of nitrogens with zero attached hydrogens (tertiary/aromatic N) is 2. The lowest BCUT2D eigenvalue weighted by atomic mass is 10.1. The molecule has 0 fully saturated rings. The van der Waals surface area contributed by atoms with Gasteiger partial charge in [-0.2, -0.15) is 5.26 Å². The van der Waals surface area contributed by atoms with Crippen LogP contribution in [-0.4, -0.2) is 31.2 Å². The minimum absolute atomic E-state index is 0.0865. The maximum Gasteiger partial charge on any atom is 0.257 e. The van der Waals surface area contributed by atoms with Crippen LogP contribution >= 0.6 is 0 Å². The topological polar surface area (TPSA) is 84.2 Å². The maximum absolute atomic E-state index is 11.5. The summed E-state index contributed by atoms with van der Waals surface area (Å²) in [4.78, 5) is 15.7. The summed E-state index contributed by atoms with van der Waals surface area (Å²) in [5.74, 6) is 0.744. The first kappa shape index (κ1) is 18.0. The Labute approximate surface area is 146 Å². The van der Waals surface area contributed by atoms with E-state index in [1.165, 1.54) is 7.11 Å². The molecule has 1 N–H and O–H groups in total. The maximum atomic E-state index is 11.5. The number of allylic oxidation sites excluding steroid dienone is 1. The molecule has 0 unspecified atom stereocenters. The summed E-state index contributed by atoms with van der Waals surface area (Å²) in [6, 6.07) is 12.8. The summed E-state index contributed by atoms with van der Waals surface area (Å²) in [5.41, 5.74) is 1.81. The monoisotopic (exact) mass is 337 g/mol. The third-order valence-corrected chi connectivity index (χ3v) is 3.29. The molecule has 6 heteroatoms. The molecule has 0 aliphatic heterocycles. The largest absolute Gasteiger partial charge is 0.493 e. The van der Waals surface area contributed by atoms with Gasteiger partial charge < -0.3 is 14.8 Å². The molecule has 0 aliphatic carbocycles. The predicted molar refractivity (Wildman–Crippen MR) is 94.9 cm³/mol. The van der Waals surface area contributed by atoms with E-state index in [1.54, 1.807) is 42.6 Å². The molecule has 0 saturated heterocycles. The first-order valence-corrected chi connectivity index (χ1v) is 7.78. The lowest BCUT2D eigenvalue weighted by molar-refractivity contribution is -0.123. The van der Waals surface area contributed by atoms with Crippen LogP contribution in [0.4, 0.5) is 0 Å². The van der Waals surface area contributed by atoms with Crippen molar-refractivity contribution in [1.82, 2.24) is 10.3 Å². The molecule has 2 rings (SSSR count). The van der Waals surface area contributed by atoms with Crippen LogP contribution in [0.3, 0.4) is 0 Å². The zero-order valence-electron chi connectivity index (χ0n) is 14.2. The Morgan fingerprint density at radius 1 is 1.32 bits per heavy atom. The number of methoxy groups -OCH3 is 1. The highest BCUT2D eigenvalue weighted by Crippen LogP contribution is 2.29. The number of nitriles is 1. The smallest absolute Gasteiger partial charge is 0.257 e. The first-order valence-electron chi connectivity index (χ1n) is 7.78. The second kappa shape index (κ2) is 9.08. The van der Waals surface area contributed by atoms with E-state index < -0.39 is 0 Å². The Bertz CT molecular complexity index is 795. The first-order chi connectivity index (χ1) is 12.2. The fourth-order valence-corrected chi connectivity index (χ4v) is 2.14. The molecular weight excluding hydrogens is 318 g/mol. The number of benzene rings is 1. The summed E-state index contributed by atoms with van der Waals surface area (Å²) < 4.78 is 10.8. The van der Waals surface area contributed by atoms with Crippen molar-refractivity contribution in [3.05, 3.63) is 53.9 Å². The SMILES string of the molecule is CCNC(=O)COc1ccc(/C=C(/C#N)c2ccccn2)cc1OC. The predicted octanol–water partition coefficient (Wildman–Crippen LogP) is 2.67. The van der Waals surface area contributed by atoms with Crippen LogP contribution in [-0.2, 0) is 4.79 Å². The average Bonchev–Trinajstić information content (AvgIpc) is 2.65. The van der Waals surface area contributed by atoms with E-state index in [4.69, 9.17) is 9.47 Å². The number of nitrogens with one attached hydrogen (secondary N) is 1. The molecule has 0 spiro atoms. The molecule has 0 aliphatic rings. The zero-order chi connectivity index (χ0) is 18.1. The highest BCUT2D eigenvalue weighted by molar-refractivity contribution is 5.88. The Morgan fingerprint density at radius 2 is 2.16 bits per heavy atom. The summed E-state index contributed by atoms with van der Waals surface area (Å²) in [6.45, 7) is 2.30. The van der Waals surface area contributed by atoms with Crippen molar-refractivity contribution in [2.24, 2.45) is 0 Å². The van der Waals surface area contributed by atoms with Gasteiger partial charge in [0.15, 0.2) is 18.1 Å². The van der Waals surface area contributed by atoms with Crippen molar-refractivity contribution in [3.63, 3.8) is 0 Å². The molecule has 2 aromatic rings. The standard InChI is InChI=1S/C19H19N3O3/c1-3-21-19(23)13-25-17-8-7-14(11-18(17)24-2)10-15(12-20)16-6-4-5-9-22-16/h4-11H,3,13H2,1-2H3,(H,21,23)/b15-10-. The number of hydrogen-bond acceptors (Lipinski definition) is 5. The van der Waals surface area contributed by atoms with Gasteiger partial charge in [0.2, 0.25) is 0 Å². The second-order valence-corrected chi connectivity index (χ2v) is 5.04. The van der Waals surface area contributed by atoms with Gasteiger partial charge in [0.1, 0.15) is 6.07 Å². The summed E-state index contributed by atoms with van der Waals surface area (Å²) in [6.07, 6.45) is 3.36. The third kappa shape index (κ3) is 5.08. The van der Waals surface area contributed by atoms with E-state index in [0.717, 1.165) is 5.56 Å². The lowest BCUT2D eigenvalue weighted by Gasteiger charge is -2.11. The van der Waals surface area contributed by atoms with Crippen molar-refractivity contribution in [3.8, 4) is 17.6 Å². The normalized spacial score (nSPS) is 10.7. The number of aromatic nitrogens is 1. The summed E-state index contributed by atoms with van der Waals surface area (Å²) in [5, 5.41) is 12.0.